The molecule has 6 heteroatoms. The molecule has 3 aromatic rings. The first-order valence-corrected chi connectivity index (χ1v) is 12.9. The van der Waals surface area contributed by atoms with Crippen molar-refractivity contribution in [1.29, 1.82) is 0 Å². The van der Waals surface area contributed by atoms with Gasteiger partial charge in [-0.05, 0) is 68.2 Å². The van der Waals surface area contributed by atoms with Gasteiger partial charge in [0.1, 0.15) is 0 Å². The molecule has 0 N–H and O–H groups in total. The largest absolute Gasteiger partial charge is 0.299 e. The number of likely N-dealkylation sites (tertiary alicyclic amines) is 1. The second-order valence-electron chi connectivity index (χ2n) is 7.90. The van der Waals surface area contributed by atoms with Gasteiger partial charge in [0.05, 0.1) is 4.90 Å². The molecular formula is C24H28N2O2S2. The van der Waals surface area contributed by atoms with E-state index in [1.54, 1.807) is 23.9 Å². The first-order valence-electron chi connectivity index (χ1n) is 10.4. The predicted molar refractivity (Wildman–Crippen MR) is 123 cm³/mol. The maximum Gasteiger partial charge on any atom is 0.267 e. The lowest BCUT2D eigenvalue weighted by molar-refractivity contribution is 0.220. The Balaban J connectivity index is 1.62. The molecule has 1 aromatic heterocycles. The van der Waals surface area contributed by atoms with Crippen molar-refractivity contribution in [3.05, 3.63) is 83.7 Å². The molecular weight excluding hydrogens is 412 g/mol. The number of benzene rings is 2. The third kappa shape index (κ3) is 4.99. The molecule has 1 aliphatic heterocycles. The molecule has 0 spiro atoms. The minimum absolute atomic E-state index is 0.329. The number of hydrogen-bond acceptors (Lipinski definition) is 4. The molecule has 158 valence electrons. The SMILES string of the molecule is Cc1ccc(S(=O)(=O)n2cc(CSc3ccccc3)c(CN3CCCCC3)c2)cc1. The van der Waals surface area contributed by atoms with E-state index < -0.39 is 10.0 Å². The maximum absolute atomic E-state index is 13.2. The zero-order valence-corrected chi connectivity index (χ0v) is 19.0. The van der Waals surface area contributed by atoms with E-state index in [9.17, 15) is 8.42 Å². The summed E-state index contributed by atoms with van der Waals surface area (Å²) in [5, 5.41) is 0. The number of rotatable bonds is 7. The summed E-state index contributed by atoms with van der Waals surface area (Å²) in [6, 6.07) is 17.3. The molecule has 1 fully saturated rings. The van der Waals surface area contributed by atoms with E-state index >= 15 is 0 Å². The Morgan fingerprint density at radius 3 is 2.23 bits per heavy atom. The topological polar surface area (TPSA) is 42.3 Å². The van der Waals surface area contributed by atoms with E-state index in [4.69, 9.17) is 0 Å². The number of piperidine rings is 1. The van der Waals surface area contributed by atoms with Gasteiger partial charge in [-0.25, -0.2) is 12.4 Å². The van der Waals surface area contributed by atoms with Gasteiger partial charge in [-0.2, -0.15) is 0 Å². The maximum atomic E-state index is 13.2. The van der Waals surface area contributed by atoms with Crippen LogP contribution < -0.4 is 0 Å². The van der Waals surface area contributed by atoms with Crippen LogP contribution in [0.15, 0.2) is 76.8 Å². The van der Waals surface area contributed by atoms with Crippen LogP contribution in [0.3, 0.4) is 0 Å². The molecule has 0 unspecified atom stereocenters. The molecule has 4 nitrogen and oxygen atoms in total. The van der Waals surface area contributed by atoms with Crippen LogP contribution >= 0.6 is 11.8 Å². The monoisotopic (exact) mass is 440 g/mol. The zero-order chi connectivity index (χ0) is 21.0. The Bertz CT molecular complexity index is 1070. The molecule has 0 saturated carbocycles. The zero-order valence-electron chi connectivity index (χ0n) is 17.3. The van der Waals surface area contributed by atoms with Gasteiger partial charge in [0, 0.05) is 29.6 Å². The molecule has 0 radical (unpaired) electrons. The number of hydrogen-bond donors (Lipinski definition) is 0. The van der Waals surface area contributed by atoms with Crippen molar-refractivity contribution < 1.29 is 8.42 Å². The predicted octanol–water partition coefficient (Wildman–Crippen LogP) is 5.31. The summed E-state index contributed by atoms with van der Waals surface area (Å²) in [7, 11) is -3.59. The summed E-state index contributed by atoms with van der Waals surface area (Å²) >= 11 is 1.74. The highest BCUT2D eigenvalue weighted by molar-refractivity contribution is 7.98. The normalized spacial score (nSPS) is 15.4. The Kier molecular flexibility index (Phi) is 6.66. The van der Waals surface area contributed by atoms with Crippen LogP contribution in [0.1, 0.15) is 36.0 Å². The fourth-order valence-corrected chi connectivity index (χ4v) is 5.98. The van der Waals surface area contributed by atoms with Crippen molar-refractivity contribution in [2.75, 3.05) is 13.1 Å². The summed E-state index contributed by atoms with van der Waals surface area (Å²) in [5.74, 6) is 0.754. The Labute approximate surface area is 184 Å². The third-order valence-electron chi connectivity index (χ3n) is 5.56. The molecule has 0 atom stereocenters. The fourth-order valence-electron chi connectivity index (χ4n) is 3.79. The van der Waals surface area contributed by atoms with Gasteiger partial charge in [-0.15, -0.1) is 11.8 Å². The summed E-state index contributed by atoms with van der Waals surface area (Å²) in [4.78, 5) is 3.96. The number of nitrogens with zero attached hydrogens (tertiary/aromatic N) is 2. The van der Waals surface area contributed by atoms with Crippen molar-refractivity contribution in [3.8, 4) is 0 Å². The Morgan fingerprint density at radius 1 is 0.867 bits per heavy atom. The minimum atomic E-state index is -3.59. The molecule has 2 aromatic carbocycles. The number of aromatic nitrogens is 1. The molecule has 0 aliphatic carbocycles. The molecule has 0 bridgehead atoms. The minimum Gasteiger partial charge on any atom is -0.299 e. The molecule has 2 heterocycles. The highest BCUT2D eigenvalue weighted by Gasteiger charge is 2.21. The Morgan fingerprint density at radius 2 is 1.53 bits per heavy atom. The molecule has 1 saturated heterocycles. The van der Waals surface area contributed by atoms with Crippen molar-refractivity contribution in [3.63, 3.8) is 0 Å². The van der Waals surface area contributed by atoms with Crippen LogP contribution in [-0.4, -0.2) is 30.4 Å². The van der Waals surface area contributed by atoms with E-state index in [1.807, 2.05) is 49.6 Å². The fraction of sp³-hybridized carbons (Fsp3) is 0.333. The van der Waals surface area contributed by atoms with Gasteiger partial charge in [-0.3, -0.25) is 4.90 Å². The van der Waals surface area contributed by atoms with Crippen molar-refractivity contribution in [1.82, 2.24) is 8.87 Å². The summed E-state index contributed by atoms with van der Waals surface area (Å²) in [5.41, 5.74) is 3.24. The highest BCUT2D eigenvalue weighted by Crippen LogP contribution is 2.28. The average molecular weight is 441 g/mol. The molecule has 1 aliphatic rings. The number of aryl methyl sites for hydroxylation is 1. The summed E-state index contributed by atoms with van der Waals surface area (Å²) in [6.45, 7) is 4.94. The lowest BCUT2D eigenvalue weighted by Crippen LogP contribution is -2.29. The van der Waals surface area contributed by atoms with Crippen LogP contribution in [0.2, 0.25) is 0 Å². The van der Waals surface area contributed by atoms with Crippen molar-refractivity contribution >= 4 is 21.8 Å². The van der Waals surface area contributed by atoms with Gasteiger partial charge in [0.25, 0.3) is 10.0 Å². The van der Waals surface area contributed by atoms with Crippen LogP contribution in [0, 0.1) is 6.92 Å². The van der Waals surface area contributed by atoms with Gasteiger partial charge >= 0.3 is 0 Å². The van der Waals surface area contributed by atoms with Crippen LogP contribution in [0.4, 0.5) is 0 Å². The summed E-state index contributed by atoms with van der Waals surface area (Å²) < 4.78 is 27.9. The van der Waals surface area contributed by atoms with Gasteiger partial charge < -0.3 is 0 Å². The van der Waals surface area contributed by atoms with Gasteiger partial charge in [-0.1, -0.05) is 42.3 Å². The standard InChI is InChI=1S/C24H28N2O2S2/c1-20-10-12-24(13-11-20)30(27,28)26-17-21(16-25-14-6-3-7-15-25)22(18-26)19-29-23-8-4-2-5-9-23/h2,4-5,8-13,17-18H,3,6-7,14-16,19H2,1H3. The van der Waals surface area contributed by atoms with E-state index in [-0.39, 0.29) is 0 Å². The van der Waals surface area contributed by atoms with Crippen LogP contribution in [-0.2, 0) is 22.3 Å². The molecule has 4 rings (SSSR count). The molecule has 0 amide bonds. The van der Waals surface area contributed by atoms with E-state index in [0.29, 0.717) is 4.90 Å². The Hall–Kier alpha value is -2.02. The van der Waals surface area contributed by atoms with Crippen LogP contribution in [0.5, 0.6) is 0 Å². The van der Waals surface area contributed by atoms with Gasteiger partial charge in [0.15, 0.2) is 0 Å². The first-order chi connectivity index (χ1) is 14.5. The molecule has 30 heavy (non-hydrogen) atoms. The average Bonchev–Trinajstić information content (AvgIpc) is 3.17. The lowest BCUT2D eigenvalue weighted by Gasteiger charge is -2.26. The second kappa shape index (κ2) is 9.41. The van der Waals surface area contributed by atoms with E-state index in [0.717, 1.165) is 42.1 Å². The lowest BCUT2D eigenvalue weighted by atomic mass is 10.1. The van der Waals surface area contributed by atoms with E-state index in [1.165, 1.54) is 28.1 Å². The highest BCUT2D eigenvalue weighted by atomic mass is 32.2. The summed E-state index contributed by atoms with van der Waals surface area (Å²) in [6.07, 6.45) is 7.36. The smallest absolute Gasteiger partial charge is 0.267 e. The number of thioether (sulfide) groups is 1. The quantitative estimate of drug-likeness (QED) is 0.467. The van der Waals surface area contributed by atoms with Crippen molar-refractivity contribution in [2.45, 2.75) is 48.3 Å². The first kappa shape index (κ1) is 21.2. The van der Waals surface area contributed by atoms with Crippen LogP contribution in [0.25, 0.3) is 0 Å². The van der Waals surface area contributed by atoms with Crippen molar-refractivity contribution in [2.24, 2.45) is 0 Å². The van der Waals surface area contributed by atoms with E-state index in [2.05, 4.69) is 17.0 Å². The van der Waals surface area contributed by atoms with Gasteiger partial charge in [0.2, 0.25) is 0 Å². The second-order valence-corrected chi connectivity index (χ2v) is 10.8. The third-order valence-corrected chi connectivity index (χ3v) is 8.25.